The largest absolute Gasteiger partial charge is 0.457 e. The molecule has 0 bridgehead atoms. The number of ether oxygens (including phenoxy) is 1. The number of hydrogen-bond acceptors (Lipinski definition) is 5. The predicted octanol–water partition coefficient (Wildman–Crippen LogP) is 5.32. The molecule has 5 rings (SSSR count). The number of hydrogen-bond donors (Lipinski definition) is 0. The predicted molar refractivity (Wildman–Crippen MR) is 129 cm³/mol. The highest BCUT2D eigenvalue weighted by atomic mass is 16.5. The molecule has 33 heavy (non-hydrogen) atoms. The number of carbonyl (C=O) groups excluding carboxylic acids is 1. The molecule has 0 radical (unpaired) electrons. The normalized spacial score (nSPS) is 16.4. The molecule has 2 aromatic carbocycles. The number of benzene rings is 2. The van der Waals surface area contributed by atoms with E-state index in [4.69, 9.17) is 4.74 Å². The van der Waals surface area contributed by atoms with E-state index in [0.717, 1.165) is 72.6 Å². The van der Waals surface area contributed by atoms with Crippen molar-refractivity contribution >= 4 is 17.3 Å². The van der Waals surface area contributed by atoms with E-state index in [1.54, 1.807) is 12.4 Å². The summed E-state index contributed by atoms with van der Waals surface area (Å²) >= 11 is 0. The molecule has 1 aliphatic heterocycles. The van der Waals surface area contributed by atoms with E-state index in [-0.39, 0.29) is 0 Å². The summed E-state index contributed by atoms with van der Waals surface area (Å²) in [6.07, 6.45) is 10.3. The van der Waals surface area contributed by atoms with E-state index < -0.39 is 0 Å². The molecule has 0 amide bonds. The Morgan fingerprint density at radius 2 is 1.91 bits per heavy atom. The number of allylic oxidation sites excluding steroid dienone is 1. The van der Waals surface area contributed by atoms with Crippen molar-refractivity contribution in [2.75, 3.05) is 13.1 Å². The van der Waals surface area contributed by atoms with Gasteiger partial charge in [-0.1, -0.05) is 30.3 Å². The van der Waals surface area contributed by atoms with Gasteiger partial charge in [-0.15, -0.1) is 0 Å². The fourth-order valence-corrected chi connectivity index (χ4v) is 4.54. The maximum Gasteiger partial charge on any atom is 0.144 e. The minimum Gasteiger partial charge on any atom is -0.457 e. The van der Waals surface area contributed by atoms with Crippen molar-refractivity contribution in [2.45, 2.75) is 19.4 Å². The third kappa shape index (κ3) is 4.80. The summed E-state index contributed by atoms with van der Waals surface area (Å²) in [4.78, 5) is 22.1. The Bertz CT molecular complexity index is 1270. The molecule has 6 nitrogen and oxygen atoms in total. The topological polar surface area (TPSA) is 60.2 Å². The van der Waals surface area contributed by atoms with Gasteiger partial charge in [0.25, 0.3) is 0 Å². The number of aldehydes is 1. The number of piperidine rings is 1. The Hall–Kier alpha value is -3.93. The monoisotopic (exact) mass is 438 g/mol. The molecule has 1 atom stereocenters. The van der Waals surface area contributed by atoms with Crippen molar-refractivity contribution in [3.8, 4) is 22.8 Å². The molecule has 1 unspecified atom stereocenters. The number of likely N-dealkylation sites (tertiary alicyclic amines) is 1. The summed E-state index contributed by atoms with van der Waals surface area (Å²) in [5.41, 5.74) is 3.87. The van der Waals surface area contributed by atoms with Crippen LogP contribution < -0.4 is 4.74 Å². The first-order valence-corrected chi connectivity index (χ1v) is 11.3. The Balaban J connectivity index is 1.43. The van der Waals surface area contributed by atoms with Gasteiger partial charge in [-0.3, -0.25) is 4.79 Å². The second-order valence-corrected chi connectivity index (χ2v) is 8.35. The van der Waals surface area contributed by atoms with E-state index in [1.807, 2.05) is 54.7 Å². The highest BCUT2D eigenvalue weighted by molar-refractivity contribution is 5.90. The minimum atomic E-state index is 0.492. The van der Waals surface area contributed by atoms with E-state index in [9.17, 15) is 4.79 Å². The Morgan fingerprint density at radius 1 is 1.03 bits per heavy atom. The van der Waals surface area contributed by atoms with Crippen LogP contribution in [0.2, 0.25) is 0 Å². The molecule has 0 spiro atoms. The summed E-state index contributed by atoms with van der Waals surface area (Å²) in [7, 11) is 0. The summed E-state index contributed by atoms with van der Waals surface area (Å²) in [6, 6.07) is 19.9. The lowest BCUT2D eigenvalue weighted by Gasteiger charge is -2.32. The number of carbonyl (C=O) groups is 1. The molecule has 0 aliphatic carbocycles. The third-order valence-corrected chi connectivity index (χ3v) is 6.02. The first kappa shape index (κ1) is 20.9. The van der Waals surface area contributed by atoms with Crippen molar-refractivity contribution in [3.05, 3.63) is 85.5 Å². The van der Waals surface area contributed by atoms with Crippen molar-refractivity contribution < 1.29 is 9.53 Å². The number of para-hydroxylation sites is 1. The molecule has 1 aliphatic rings. The fraction of sp³-hybridized carbons (Fsp3) is 0.222. The zero-order valence-electron chi connectivity index (χ0n) is 18.4. The number of nitrogens with zero attached hydrogens (tertiary/aromatic N) is 4. The molecule has 1 saturated heterocycles. The van der Waals surface area contributed by atoms with Crippen LogP contribution in [0.1, 0.15) is 12.8 Å². The van der Waals surface area contributed by atoms with Gasteiger partial charge in [0.05, 0.1) is 16.7 Å². The van der Waals surface area contributed by atoms with Gasteiger partial charge >= 0.3 is 0 Å². The highest BCUT2D eigenvalue weighted by Crippen LogP contribution is 2.31. The summed E-state index contributed by atoms with van der Waals surface area (Å²) < 4.78 is 8.31. The maximum absolute atomic E-state index is 10.7. The van der Waals surface area contributed by atoms with Crippen molar-refractivity contribution in [1.29, 1.82) is 0 Å². The van der Waals surface area contributed by atoms with Gasteiger partial charge in [-0.25, -0.2) is 9.97 Å². The van der Waals surface area contributed by atoms with Crippen molar-refractivity contribution in [2.24, 2.45) is 5.92 Å². The van der Waals surface area contributed by atoms with E-state index in [1.165, 1.54) is 0 Å². The van der Waals surface area contributed by atoms with Crippen LogP contribution in [0, 0.1) is 5.92 Å². The van der Waals surface area contributed by atoms with Crippen LogP contribution in [-0.4, -0.2) is 38.8 Å². The SMILES string of the molecule is O=CC=CN1CCCC(Cn2ccc3ncnc(-c4cccc(Oc5ccccc5)c4)c32)C1. The summed E-state index contributed by atoms with van der Waals surface area (Å²) in [6.45, 7) is 2.82. The summed E-state index contributed by atoms with van der Waals surface area (Å²) in [5, 5.41) is 0. The standard InChI is InChI=1S/C27H26N4O2/c32-16-6-14-30-13-5-7-21(18-30)19-31-15-12-25-27(31)26(29-20-28-25)22-8-4-11-24(17-22)33-23-9-2-1-3-10-23/h1-4,6,8-12,14-17,20-21H,5,7,13,18-19H2. The first-order valence-electron chi connectivity index (χ1n) is 11.3. The summed E-state index contributed by atoms with van der Waals surface area (Å²) in [5.74, 6) is 2.07. The lowest BCUT2D eigenvalue weighted by atomic mass is 9.98. The van der Waals surface area contributed by atoms with E-state index in [0.29, 0.717) is 5.92 Å². The Morgan fingerprint density at radius 3 is 2.79 bits per heavy atom. The van der Waals surface area contributed by atoms with Gasteiger partial charge in [-0.2, -0.15) is 0 Å². The molecule has 0 N–H and O–H groups in total. The smallest absolute Gasteiger partial charge is 0.144 e. The van der Waals surface area contributed by atoms with Gasteiger partial charge in [0.1, 0.15) is 24.1 Å². The number of rotatable bonds is 7. The third-order valence-electron chi connectivity index (χ3n) is 6.02. The van der Waals surface area contributed by atoms with Crippen LogP contribution in [0.5, 0.6) is 11.5 Å². The molecular formula is C27H26N4O2. The molecule has 4 aromatic rings. The Labute approximate surface area is 193 Å². The van der Waals surface area contributed by atoms with Gasteiger partial charge in [0.2, 0.25) is 0 Å². The quantitative estimate of drug-likeness (QED) is 0.289. The molecule has 1 fully saturated rings. The van der Waals surface area contributed by atoms with Crippen LogP contribution >= 0.6 is 0 Å². The van der Waals surface area contributed by atoms with Crippen LogP contribution in [0.15, 0.2) is 85.5 Å². The second kappa shape index (κ2) is 9.69. The lowest BCUT2D eigenvalue weighted by Crippen LogP contribution is -2.33. The zero-order valence-corrected chi connectivity index (χ0v) is 18.4. The van der Waals surface area contributed by atoms with E-state index in [2.05, 4.69) is 37.8 Å². The lowest BCUT2D eigenvalue weighted by molar-refractivity contribution is -0.104. The fourth-order valence-electron chi connectivity index (χ4n) is 4.54. The van der Waals surface area contributed by atoms with Crippen molar-refractivity contribution in [1.82, 2.24) is 19.4 Å². The number of aromatic nitrogens is 3. The maximum atomic E-state index is 10.7. The molecule has 3 heterocycles. The van der Waals surface area contributed by atoms with Crippen LogP contribution in [-0.2, 0) is 11.3 Å². The van der Waals surface area contributed by atoms with Gasteiger partial charge in [0, 0.05) is 37.6 Å². The minimum absolute atomic E-state index is 0.492. The Kier molecular flexibility index (Phi) is 6.15. The van der Waals surface area contributed by atoms with Crippen LogP contribution in [0.3, 0.4) is 0 Å². The molecule has 2 aromatic heterocycles. The van der Waals surface area contributed by atoms with Gasteiger partial charge < -0.3 is 14.2 Å². The highest BCUT2D eigenvalue weighted by Gasteiger charge is 2.20. The second-order valence-electron chi connectivity index (χ2n) is 8.35. The van der Waals surface area contributed by atoms with Gasteiger partial charge in [-0.05, 0) is 55.2 Å². The van der Waals surface area contributed by atoms with Gasteiger partial charge in [0.15, 0.2) is 0 Å². The average molecular weight is 439 g/mol. The number of fused-ring (bicyclic) bond motifs is 1. The first-order chi connectivity index (χ1) is 16.3. The van der Waals surface area contributed by atoms with Crippen molar-refractivity contribution in [3.63, 3.8) is 0 Å². The van der Waals surface area contributed by atoms with Crippen LogP contribution in [0.25, 0.3) is 22.3 Å². The molecule has 6 heteroatoms. The zero-order chi connectivity index (χ0) is 22.5. The van der Waals surface area contributed by atoms with E-state index >= 15 is 0 Å². The molecular weight excluding hydrogens is 412 g/mol. The molecule has 166 valence electrons. The van der Waals surface area contributed by atoms with Crippen LogP contribution in [0.4, 0.5) is 0 Å². The molecule has 0 saturated carbocycles. The average Bonchev–Trinajstić information content (AvgIpc) is 3.27.